The first-order valence-electron chi connectivity index (χ1n) is 22.8. The zero-order valence-corrected chi connectivity index (χ0v) is 36.7. The van der Waals surface area contributed by atoms with E-state index in [1.807, 2.05) is 38.1 Å². The molecule has 2 saturated heterocycles. The maximum atomic E-state index is 13.3. The summed E-state index contributed by atoms with van der Waals surface area (Å²) in [5.41, 5.74) is 2.50. The molecule has 2 aliphatic carbocycles. The Hall–Kier alpha value is -4.46. The third-order valence-electron chi connectivity index (χ3n) is 12.6. The number of fused-ring (bicyclic) bond motifs is 2. The molecule has 4 aromatic rings. The van der Waals surface area contributed by atoms with Crippen molar-refractivity contribution >= 4 is 33.5 Å². The van der Waals surface area contributed by atoms with Crippen molar-refractivity contribution in [2.45, 2.75) is 128 Å². The Balaban J connectivity index is 0.000000180. The number of aromatic hydroxyl groups is 1. The highest BCUT2D eigenvalue weighted by Gasteiger charge is 2.36. The summed E-state index contributed by atoms with van der Waals surface area (Å²) in [5.74, 6) is -4.01. The second-order valence-corrected chi connectivity index (χ2v) is 17.6. The van der Waals surface area contributed by atoms with Crippen LogP contribution in [-0.4, -0.2) is 95.4 Å². The highest BCUT2D eigenvalue weighted by Crippen LogP contribution is 2.36. The molecule has 0 spiro atoms. The van der Waals surface area contributed by atoms with Crippen molar-refractivity contribution in [3.63, 3.8) is 0 Å². The number of esters is 2. The van der Waals surface area contributed by atoms with Crippen LogP contribution in [0.1, 0.15) is 102 Å². The van der Waals surface area contributed by atoms with Gasteiger partial charge in [0.25, 0.3) is 0 Å². The Bertz CT molecular complexity index is 2080. The predicted octanol–water partition coefficient (Wildman–Crippen LogP) is 10.4. The van der Waals surface area contributed by atoms with Gasteiger partial charge in [-0.3, -0.25) is 19.4 Å². The summed E-state index contributed by atoms with van der Waals surface area (Å²) >= 11 is 0. The summed E-state index contributed by atoms with van der Waals surface area (Å²) in [4.78, 5) is 28.5. The van der Waals surface area contributed by atoms with Crippen LogP contribution in [0.2, 0.25) is 0 Å². The van der Waals surface area contributed by atoms with Crippen molar-refractivity contribution < 1.29 is 51.6 Å². The Morgan fingerprint density at radius 1 is 0.587 bits per heavy atom. The number of aliphatic hydroxyl groups excluding tert-OH is 1. The van der Waals surface area contributed by atoms with Gasteiger partial charge in [0.2, 0.25) is 11.8 Å². The molecule has 344 valence electrons. The van der Waals surface area contributed by atoms with E-state index in [4.69, 9.17) is 19.3 Å². The van der Waals surface area contributed by atoms with E-state index in [-0.39, 0.29) is 68.4 Å². The molecule has 0 atom stereocenters. The highest BCUT2D eigenvalue weighted by atomic mass is 19.3. The number of ether oxygens (including phenoxy) is 3. The van der Waals surface area contributed by atoms with Gasteiger partial charge in [-0.05, 0) is 160 Å². The summed E-state index contributed by atoms with van der Waals surface area (Å²) in [6.07, 6.45) is 3.67. The number of nitrogens with zero attached hydrogens (tertiary/aromatic N) is 2. The molecule has 0 aromatic heterocycles. The second kappa shape index (κ2) is 22.4. The molecule has 8 rings (SSSR count). The van der Waals surface area contributed by atoms with Crippen LogP contribution in [-0.2, 0) is 32.2 Å². The zero-order valence-electron chi connectivity index (χ0n) is 36.7. The first-order chi connectivity index (χ1) is 30.2. The van der Waals surface area contributed by atoms with Gasteiger partial charge in [0.05, 0.1) is 37.3 Å². The van der Waals surface area contributed by atoms with Crippen molar-refractivity contribution in [1.29, 1.82) is 0 Å². The summed E-state index contributed by atoms with van der Waals surface area (Å²) in [6, 6.07) is 24.2. The number of alkyl halides is 4. The minimum atomic E-state index is -2.53. The van der Waals surface area contributed by atoms with E-state index in [1.54, 1.807) is 12.1 Å². The molecule has 63 heavy (non-hydrogen) atoms. The fraction of sp³-hybridized carbons (Fsp3) is 0.560. The Morgan fingerprint density at radius 3 is 1.46 bits per heavy atom. The number of benzene rings is 4. The Labute approximate surface area is 368 Å². The van der Waals surface area contributed by atoms with Crippen molar-refractivity contribution in [3.8, 4) is 11.5 Å². The molecule has 2 aliphatic heterocycles. The largest absolute Gasteiger partial charge is 0.508 e. The van der Waals surface area contributed by atoms with Crippen LogP contribution in [0.25, 0.3) is 21.5 Å². The number of likely N-dealkylation sites (tertiary alicyclic amines) is 2. The molecule has 2 saturated carbocycles. The normalized spacial score (nSPS) is 20.2. The Kier molecular flexibility index (Phi) is 17.1. The van der Waals surface area contributed by atoms with Gasteiger partial charge in [-0.2, -0.15) is 0 Å². The Morgan fingerprint density at radius 2 is 1.00 bits per heavy atom. The predicted molar refractivity (Wildman–Crippen MR) is 236 cm³/mol. The van der Waals surface area contributed by atoms with E-state index in [0.29, 0.717) is 31.8 Å². The van der Waals surface area contributed by atoms with E-state index in [1.165, 1.54) is 11.1 Å². The van der Waals surface area contributed by atoms with Gasteiger partial charge < -0.3 is 24.4 Å². The molecule has 2 N–H and O–H groups in total. The number of aliphatic hydroxyl groups is 1. The van der Waals surface area contributed by atoms with Crippen LogP contribution in [0, 0.1) is 11.8 Å². The smallest absolute Gasteiger partial charge is 0.309 e. The van der Waals surface area contributed by atoms with Crippen LogP contribution in [0.5, 0.6) is 11.5 Å². The number of carbonyl (C=O) groups excluding carboxylic acids is 2. The van der Waals surface area contributed by atoms with Gasteiger partial charge in [-0.1, -0.05) is 36.4 Å². The quantitative estimate of drug-likeness (QED) is 0.119. The third-order valence-corrected chi connectivity index (χ3v) is 12.6. The van der Waals surface area contributed by atoms with E-state index in [2.05, 4.69) is 46.2 Å². The summed E-state index contributed by atoms with van der Waals surface area (Å²) < 4.78 is 67.4. The molecule has 0 bridgehead atoms. The fourth-order valence-electron chi connectivity index (χ4n) is 8.86. The van der Waals surface area contributed by atoms with E-state index >= 15 is 0 Å². The van der Waals surface area contributed by atoms with Gasteiger partial charge in [0.1, 0.15) is 11.5 Å². The van der Waals surface area contributed by atoms with E-state index in [9.17, 15) is 32.3 Å². The molecular weight excluding hydrogens is 817 g/mol. The van der Waals surface area contributed by atoms with Crippen molar-refractivity contribution in [1.82, 2.24) is 9.80 Å². The number of phenolic OH excluding ortho intramolecular Hbond substituents is 1. The minimum absolute atomic E-state index is 0.0293. The van der Waals surface area contributed by atoms with Crippen LogP contribution >= 0.6 is 0 Å². The number of piperidine rings is 2. The number of carbonyl (C=O) groups is 2. The molecule has 4 fully saturated rings. The molecule has 0 radical (unpaired) electrons. The molecule has 4 aliphatic rings. The van der Waals surface area contributed by atoms with Crippen molar-refractivity contribution in [2.24, 2.45) is 11.8 Å². The lowest BCUT2D eigenvalue weighted by molar-refractivity contribution is -0.150. The van der Waals surface area contributed by atoms with E-state index in [0.717, 1.165) is 92.2 Å². The molecule has 0 unspecified atom stereocenters. The summed E-state index contributed by atoms with van der Waals surface area (Å²) in [7, 11) is 0. The topological polar surface area (TPSA) is 109 Å². The SMILES string of the molecule is CCOC(=O)C1CCN(Cc2ccc3cc(O)ccc3c2)CC1.CCOC(=O)C1CCN(Cc2ccc3cc(OC4CCC(F)(F)CC4)ccc3c2)CC1.OC1CCC(F)(F)CC1. The number of rotatable bonds is 10. The van der Waals surface area contributed by atoms with Gasteiger partial charge >= 0.3 is 11.9 Å². The monoisotopic (exact) mass is 880 g/mol. The first-order valence-corrected chi connectivity index (χ1v) is 22.8. The lowest BCUT2D eigenvalue weighted by Crippen LogP contribution is -2.36. The second-order valence-electron chi connectivity index (χ2n) is 17.6. The lowest BCUT2D eigenvalue weighted by atomic mass is 9.94. The van der Waals surface area contributed by atoms with E-state index < -0.39 is 17.9 Å². The van der Waals surface area contributed by atoms with Crippen LogP contribution in [0.3, 0.4) is 0 Å². The van der Waals surface area contributed by atoms with Gasteiger partial charge in [-0.25, -0.2) is 17.6 Å². The standard InChI is InChI=1S/C25H31F2NO3.C19H23NO3.C6H10F2O/c1-2-30-24(29)19-9-13-28(14-10-19)17-18-3-4-21-16-23(6-5-20(21)15-18)31-22-7-11-25(26,27)12-8-22;1-2-23-19(22)15-7-9-20(10-8-15)13-14-3-4-17-12-18(21)6-5-16(17)11-14;7-6(8)3-1-5(9)2-4-6/h3-6,15-16,19,22H,2,7-14,17H2,1H3;3-6,11-12,15,21H,2,7-10,13H2,1H3;5,9H,1-4H2. The fourth-order valence-corrected chi connectivity index (χ4v) is 8.86. The summed E-state index contributed by atoms with van der Waals surface area (Å²) in [6.45, 7) is 10.0. The lowest BCUT2D eigenvalue weighted by Gasteiger charge is -2.30. The van der Waals surface area contributed by atoms with Crippen molar-refractivity contribution in [2.75, 3.05) is 39.4 Å². The summed E-state index contributed by atoms with van der Waals surface area (Å²) in [5, 5.41) is 22.7. The number of halogens is 4. The average Bonchev–Trinajstić information content (AvgIpc) is 3.27. The zero-order chi connectivity index (χ0) is 45.0. The molecule has 2 heterocycles. The van der Waals surface area contributed by atoms with Gasteiger partial charge in [0.15, 0.2) is 0 Å². The molecular formula is C50H64F4N2O7. The maximum Gasteiger partial charge on any atom is 0.309 e. The minimum Gasteiger partial charge on any atom is -0.508 e. The molecule has 13 heteroatoms. The van der Waals surface area contributed by atoms with Crippen LogP contribution in [0.15, 0.2) is 72.8 Å². The maximum absolute atomic E-state index is 13.3. The number of hydrogen-bond acceptors (Lipinski definition) is 9. The molecule has 4 aromatic carbocycles. The van der Waals surface area contributed by atoms with Crippen LogP contribution < -0.4 is 4.74 Å². The number of hydrogen-bond donors (Lipinski definition) is 2. The third kappa shape index (κ3) is 14.8. The highest BCUT2D eigenvalue weighted by molar-refractivity contribution is 5.85. The molecule has 0 amide bonds. The van der Waals surface area contributed by atoms with Gasteiger partial charge in [0, 0.05) is 38.8 Å². The first kappa shape index (κ1) is 48.0. The van der Waals surface area contributed by atoms with Crippen molar-refractivity contribution in [3.05, 3.63) is 83.9 Å². The number of phenols is 1. The molecule has 9 nitrogen and oxygen atoms in total. The van der Waals surface area contributed by atoms with Gasteiger partial charge in [-0.15, -0.1) is 0 Å². The average molecular weight is 881 g/mol. The van der Waals surface area contributed by atoms with Crippen LogP contribution in [0.4, 0.5) is 17.6 Å².